The Kier molecular flexibility index (Phi) is 7.94. The molecule has 0 aliphatic carbocycles. The van der Waals surface area contributed by atoms with Crippen molar-refractivity contribution in [2.24, 2.45) is 5.11 Å². The molecule has 3 aliphatic heterocycles. The van der Waals surface area contributed by atoms with Crippen LogP contribution >= 0.6 is 16.3 Å². The van der Waals surface area contributed by atoms with Gasteiger partial charge >= 0.3 is 16.3 Å². The zero-order valence-electron chi connectivity index (χ0n) is 23.4. The largest absolute Gasteiger partial charge is 0.570 e. The lowest BCUT2D eigenvalue weighted by Gasteiger charge is -2.23. The normalized spacial score (nSPS) is 32.3. The number of aliphatic hydroxyl groups is 1. The second-order valence-electron chi connectivity index (χ2n) is 10.4. The summed E-state index contributed by atoms with van der Waals surface area (Å²) < 4.78 is 36.0. The number of hydrogen-bond donors (Lipinski definition) is 8. The minimum absolute atomic E-state index is 0.0451. The molecule has 4 aromatic heterocycles. The third kappa shape index (κ3) is 5.73. The van der Waals surface area contributed by atoms with Crippen molar-refractivity contribution in [3.63, 3.8) is 0 Å². The van der Waals surface area contributed by atoms with E-state index in [0.29, 0.717) is 0 Å². The molecule has 4 aromatic rings. The van der Waals surface area contributed by atoms with Gasteiger partial charge in [-0.15, -0.1) is 9.05 Å². The van der Waals surface area contributed by atoms with Crippen LogP contribution in [-0.4, -0.2) is 113 Å². The molecule has 7 rings (SSSR count). The summed E-state index contributed by atoms with van der Waals surface area (Å²) in [5, 5.41) is 14.9. The van der Waals surface area contributed by atoms with Crippen LogP contribution in [0.3, 0.4) is 0 Å². The predicted octanol–water partition coefficient (Wildman–Crippen LogP) is -1.90. The first kappa shape index (κ1) is 31.8. The van der Waals surface area contributed by atoms with E-state index in [1.807, 2.05) is 0 Å². The molecule has 2 bridgehead atoms. The smallest absolute Gasteiger partial charge is 0.385 e. The number of H-pyrrole nitrogens is 1. The van der Waals surface area contributed by atoms with Crippen molar-refractivity contribution in [1.29, 1.82) is 0 Å². The molecule has 3 fully saturated rings. The summed E-state index contributed by atoms with van der Waals surface area (Å²) >= 11 is 0. The van der Waals surface area contributed by atoms with Gasteiger partial charge < -0.3 is 26.0 Å². The Morgan fingerprint density at radius 3 is 2.28 bits per heavy atom. The van der Waals surface area contributed by atoms with Crippen LogP contribution in [0, 0.1) is 0 Å². The summed E-state index contributed by atoms with van der Waals surface area (Å²) in [5.41, 5.74) is 20.3. The maximum absolute atomic E-state index is 12.4. The fraction of sp³-hybridized carbons (Fsp3) is 0.500. The van der Waals surface area contributed by atoms with E-state index >= 15 is 0 Å². The standard InChI is InChI=1S/C20H24N13O12P2/c21-14-9-15(25-3-24-14)32(4-26-9)18-11(34)12-7(43-18)2-41-47(38,39)45-13-8(30-31-23)6(1-40-46(36,37)44-12)42-19(13)33-5-27-10-16(33)28-20(22)29-17(10)35/h3-8,11-13,18-19,34,36-39H,1-2H2,(H4-,21,22,24,25,28,29,35)/q+1/p+1/t6-,7-,8-,11-,12-,13-,18-,19-/m1/s1. The van der Waals surface area contributed by atoms with Crippen LogP contribution in [0.5, 0.6) is 0 Å². The van der Waals surface area contributed by atoms with Gasteiger partial charge in [-0.3, -0.25) is 18.9 Å². The van der Waals surface area contributed by atoms with E-state index in [9.17, 15) is 35.0 Å². The highest BCUT2D eigenvalue weighted by Crippen LogP contribution is 2.60. The van der Waals surface area contributed by atoms with Gasteiger partial charge in [-0.1, -0.05) is 5.11 Å². The zero-order valence-corrected chi connectivity index (χ0v) is 25.2. The Morgan fingerprint density at radius 2 is 1.55 bits per heavy atom. The first-order valence-electron chi connectivity index (χ1n) is 13.4. The second-order valence-corrected chi connectivity index (χ2v) is 13.3. The molecule has 10 N–H and O–H groups in total. The number of azide groups is 1. The summed E-state index contributed by atoms with van der Waals surface area (Å²) in [5.74, 6) is -0.231. The maximum Gasteiger partial charge on any atom is 0.570 e. The lowest BCUT2D eigenvalue weighted by Crippen LogP contribution is -2.37. The number of nitrogens with one attached hydrogen (secondary N) is 1. The second kappa shape index (κ2) is 11.7. The van der Waals surface area contributed by atoms with Crippen molar-refractivity contribution in [2.75, 3.05) is 24.7 Å². The number of ether oxygens (including phenoxy) is 2. The number of aliphatic hydroxyl groups excluding tert-OH is 1. The van der Waals surface area contributed by atoms with E-state index in [1.165, 1.54) is 10.9 Å². The molecule has 3 aliphatic rings. The average molecular weight is 701 g/mol. The van der Waals surface area contributed by atoms with E-state index in [1.54, 1.807) is 0 Å². The van der Waals surface area contributed by atoms with Crippen molar-refractivity contribution in [1.82, 2.24) is 39.0 Å². The van der Waals surface area contributed by atoms with Crippen LogP contribution in [0.4, 0.5) is 11.8 Å². The minimum Gasteiger partial charge on any atom is -0.385 e. The van der Waals surface area contributed by atoms with E-state index in [2.05, 4.69) is 39.9 Å². The number of anilines is 2. The number of aromatic amines is 1. The van der Waals surface area contributed by atoms with Crippen LogP contribution in [-0.2, 0) is 27.6 Å². The lowest BCUT2D eigenvalue weighted by molar-refractivity contribution is -0.0743. The van der Waals surface area contributed by atoms with Crippen molar-refractivity contribution < 1.29 is 52.2 Å². The molecule has 25 nitrogen and oxygen atoms in total. The van der Waals surface area contributed by atoms with E-state index in [-0.39, 0.29) is 34.1 Å². The van der Waals surface area contributed by atoms with Crippen LogP contribution < -0.4 is 17.0 Å². The van der Waals surface area contributed by atoms with Gasteiger partial charge in [-0.05, 0) is 5.53 Å². The minimum atomic E-state index is -4.90. The highest BCUT2D eigenvalue weighted by atomic mass is 31.2. The van der Waals surface area contributed by atoms with E-state index < -0.39 is 84.1 Å². The molecule has 250 valence electrons. The van der Waals surface area contributed by atoms with Crippen molar-refractivity contribution in [2.45, 2.75) is 49.0 Å². The van der Waals surface area contributed by atoms with Gasteiger partial charge in [0, 0.05) is 4.91 Å². The molecule has 0 spiro atoms. The fourth-order valence-corrected chi connectivity index (χ4v) is 7.44. The first-order valence-corrected chi connectivity index (χ1v) is 16.5. The molecule has 0 radical (unpaired) electrons. The van der Waals surface area contributed by atoms with Crippen molar-refractivity contribution in [3.8, 4) is 0 Å². The van der Waals surface area contributed by atoms with Gasteiger partial charge in [0.25, 0.3) is 5.56 Å². The predicted molar refractivity (Wildman–Crippen MR) is 153 cm³/mol. The quantitative estimate of drug-likeness (QED) is 0.0500. The SMILES string of the molecule is [N-]=[N+]=N[C@H]1[C@H]2O[P+](O)(O)OC[C@H]3O[C@@H](n4cnc5c(N)ncnc54)[C@H](O)[C@@H]3O[P+](O)(O)OC[C@H]1O[C@H]2n1cnc2c(=O)[nH]c(N)nc21. The molecular weight excluding hydrogens is 676 g/mol. The molecule has 47 heavy (non-hydrogen) atoms. The zero-order chi connectivity index (χ0) is 33.2. The van der Waals surface area contributed by atoms with Crippen LogP contribution in [0.2, 0.25) is 0 Å². The van der Waals surface area contributed by atoms with Crippen LogP contribution in [0.25, 0.3) is 32.8 Å². The number of nitrogens with two attached hydrogens (primary N) is 2. The third-order valence-electron chi connectivity index (χ3n) is 7.53. The summed E-state index contributed by atoms with van der Waals surface area (Å²) in [7, 11) is -9.74. The first-order chi connectivity index (χ1) is 22.4. The number of rotatable bonds is 3. The number of imidazole rings is 2. The van der Waals surface area contributed by atoms with Gasteiger partial charge in [0.1, 0.15) is 43.3 Å². The summed E-state index contributed by atoms with van der Waals surface area (Å²) in [6, 6.07) is -1.43. The number of nitrogen functional groups attached to an aromatic ring is 2. The van der Waals surface area contributed by atoms with Gasteiger partial charge in [0.15, 0.2) is 47.3 Å². The van der Waals surface area contributed by atoms with Crippen LogP contribution in [0.15, 0.2) is 28.9 Å². The average Bonchev–Trinajstić information content (AvgIpc) is 3.76. The Bertz CT molecular complexity index is 1930. The van der Waals surface area contributed by atoms with E-state index in [0.717, 1.165) is 17.2 Å². The molecule has 0 saturated carbocycles. The van der Waals surface area contributed by atoms with Gasteiger partial charge in [-0.2, -0.15) is 33.6 Å². The number of nitrogens with zero attached hydrogens (tertiary/aromatic N) is 10. The number of fused-ring (bicyclic) bond motifs is 5. The van der Waals surface area contributed by atoms with Crippen molar-refractivity contribution >= 4 is 50.4 Å². The molecule has 0 aromatic carbocycles. The fourth-order valence-electron chi connectivity index (χ4n) is 5.51. The lowest BCUT2D eigenvalue weighted by atomic mass is 10.1. The molecule has 7 heterocycles. The highest BCUT2D eigenvalue weighted by Gasteiger charge is 2.60. The molecule has 3 saturated heterocycles. The van der Waals surface area contributed by atoms with Crippen LogP contribution in [0.1, 0.15) is 12.5 Å². The van der Waals surface area contributed by atoms with Gasteiger partial charge in [-0.25, -0.2) is 19.9 Å². The Hall–Kier alpha value is -3.77. The molecule has 8 atom stereocenters. The number of aromatic nitrogens is 8. The monoisotopic (exact) mass is 701 g/mol. The molecule has 27 heteroatoms. The third-order valence-corrected chi connectivity index (χ3v) is 9.53. The van der Waals surface area contributed by atoms with Gasteiger partial charge in [0.05, 0.1) is 18.8 Å². The Balaban J connectivity index is 1.23. The number of hydrogen-bond acceptors (Lipinski definition) is 20. The Labute approximate surface area is 260 Å². The summed E-state index contributed by atoms with van der Waals surface area (Å²) in [6.07, 6.45) is -6.88. The summed E-state index contributed by atoms with van der Waals surface area (Å²) in [6.45, 7) is -1.50. The van der Waals surface area contributed by atoms with Gasteiger partial charge in [0.2, 0.25) is 5.95 Å². The summed E-state index contributed by atoms with van der Waals surface area (Å²) in [4.78, 5) is 81.1. The molecular formula is C20H25N13O12P2+2. The molecule has 0 unspecified atom stereocenters. The Morgan fingerprint density at radius 1 is 0.915 bits per heavy atom. The molecule has 0 amide bonds. The highest BCUT2D eigenvalue weighted by molar-refractivity contribution is 7.54. The topological polar surface area (TPSA) is 364 Å². The van der Waals surface area contributed by atoms with Crippen molar-refractivity contribution in [3.05, 3.63) is 39.8 Å². The maximum atomic E-state index is 12.4. The van der Waals surface area contributed by atoms with E-state index in [4.69, 9.17) is 39.0 Å².